The van der Waals surface area contributed by atoms with Crippen molar-refractivity contribution in [3.8, 4) is 0 Å². The highest BCUT2D eigenvalue weighted by atomic mass is 35.5. The van der Waals surface area contributed by atoms with Gasteiger partial charge in [0.15, 0.2) is 9.84 Å². The normalized spacial score (nSPS) is 19.9. The predicted molar refractivity (Wildman–Crippen MR) is 96.7 cm³/mol. The van der Waals surface area contributed by atoms with Gasteiger partial charge in [-0.2, -0.15) is 10.2 Å². The van der Waals surface area contributed by atoms with Crippen LogP contribution >= 0.6 is 11.6 Å². The van der Waals surface area contributed by atoms with Crippen LogP contribution in [0.1, 0.15) is 29.3 Å². The van der Waals surface area contributed by atoms with E-state index in [1.807, 2.05) is 38.1 Å². The highest BCUT2D eigenvalue weighted by molar-refractivity contribution is 7.91. The molecule has 1 aliphatic heterocycles. The molecule has 2 aromatic rings. The van der Waals surface area contributed by atoms with Crippen LogP contribution in [0.5, 0.6) is 0 Å². The number of hydrogen-bond acceptors (Lipinski definition) is 5. The van der Waals surface area contributed by atoms with Gasteiger partial charge in [-0.3, -0.25) is 5.43 Å². The summed E-state index contributed by atoms with van der Waals surface area (Å²) in [4.78, 5) is 0. The summed E-state index contributed by atoms with van der Waals surface area (Å²) in [6.45, 7) is 3.85. The Kier molecular flexibility index (Phi) is 4.64. The average Bonchev–Trinajstić information content (AvgIpc) is 3.02. The third-order valence-electron chi connectivity index (χ3n) is 4.06. The van der Waals surface area contributed by atoms with Gasteiger partial charge in [-0.1, -0.05) is 29.3 Å². The lowest BCUT2D eigenvalue weighted by Gasteiger charge is -2.09. The first-order chi connectivity index (χ1) is 11.4. The van der Waals surface area contributed by atoms with E-state index in [9.17, 15) is 8.42 Å². The zero-order chi connectivity index (χ0) is 17.3. The fraction of sp³-hybridized carbons (Fsp3) is 0.375. The minimum Gasteiger partial charge on any atom is -0.279 e. The number of halogens is 1. The lowest BCUT2D eigenvalue weighted by atomic mass is 10.2. The van der Waals surface area contributed by atoms with Crippen molar-refractivity contribution >= 4 is 33.3 Å². The van der Waals surface area contributed by atoms with Crippen molar-refractivity contribution in [2.24, 2.45) is 5.10 Å². The van der Waals surface area contributed by atoms with Crippen molar-refractivity contribution in [1.29, 1.82) is 0 Å². The van der Waals surface area contributed by atoms with Crippen LogP contribution < -0.4 is 5.43 Å². The Labute approximate surface area is 146 Å². The summed E-state index contributed by atoms with van der Waals surface area (Å²) in [5.41, 5.74) is 6.41. The summed E-state index contributed by atoms with van der Waals surface area (Å²) < 4.78 is 24.9. The minimum atomic E-state index is -2.99. The number of anilines is 1. The van der Waals surface area contributed by atoms with E-state index in [-0.39, 0.29) is 17.5 Å². The first-order valence-corrected chi connectivity index (χ1v) is 9.86. The first-order valence-electron chi connectivity index (χ1n) is 7.66. The van der Waals surface area contributed by atoms with Crippen LogP contribution in [0.15, 0.2) is 29.4 Å². The van der Waals surface area contributed by atoms with Crippen LogP contribution in [-0.4, -0.2) is 35.9 Å². The standard InChI is InChI=1S/C16H19ClN4O2S/c1-11-3-5-13(6-4-11)19-18-9-15-12(2)20-21(16(15)17)14-7-8-24(22,23)10-14/h3-6,9,14,19H,7-8,10H2,1-2H3/b18-9-/t14-/m0/s1. The molecule has 6 nitrogen and oxygen atoms in total. The van der Waals surface area contributed by atoms with E-state index in [0.717, 1.165) is 11.4 Å². The second-order valence-corrected chi connectivity index (χ2v) is 8.61. The number of hydrazone groups is 1. The van der Waals surface area contributed by atoms with Crippen molar-refractivity contribution in [2.75, 3.05) is 16.9 Å². The van der Waals surface area contributed by atoms with Crippen molar-refractivity contribution in [2.45, 2.75) is 26.3 Å². The summed E-state index contributed by atoms with van der Waals surface area (Å²) in [7, 11) is -2.99. The van der Waals surface area contributed by atoms with E-state index in [0.29, 0.717) is 17.1 Å². The fourth-order valence-corrected chi connectivity index (χ4v) is 4.74. The van der Waals surface area contributed by atoms with Gasteiger partial charge in [-0.25, -0.2) is 13.1 Å². The molecule has 2 heterocycles. The Bertz CT molecular complexity index is 872. The van der Waals surface area contributed by atoms with Gasteiger partial charge < -0.3 is 0 Å². The van der Waals surface area contributed by atoms with Crippen molar-refractivity contribution in [3.63, 3.8) is 0 Å². The Morgan fingerprint density at radius 1 is 1.33 bits per heavy atom. The molecule has 0 unspecified atom stereocenters. The Morgan fingerprint density at radius 2 is 2.04 bits per heavy atom. The van der Waals surface area contributed by atoms with Gasteiger partial charge in [0.05, 0.1) is 40.7 Å². The topological polar surface area (TPSA) is 76.3 Å². The highest BCUT2D eigenvalue weighted by Gasteiger charge is 2.31. The average molecular weight is 367 g/mol. The number of benzene rings is 1. The minimum absolute atomic E-state index is 0.0893. The highest BCUT2D eigenvalue weighted by Crippen LogP contribution is 2.29. The smallest absolute Gasteiger partial charge is 0.152 e. The molecule has 0 amide bonds. The molecule has 3 rings (SSSR count). The second kappa shape index (κ2) is 6.57. The second-order valence-electron chi connectivity index (χ2n) is 6.03. The van der Waals surface area contributed by atoms with Crippen LogP contribution in [0.2, 0.25) is 5.15 Å². The molecule has 0 bridgehead atoms. The fourth-order valence-electron chi connectivity index (χ4n) is 2.69. The third kappa shape index (κ3) is 3.62. The molecule has 1 fully saturated rings. The lowest BCUT2D eigenvalue weighted by molar-refractivity contribution is 0.497. The molecule has 128 valence electrons. The zero-order valence-corrected chi connectivity index (χ0v) is 15.1. The first kappa shape index (κ1) is 17.0. The van der Waals surface area contributed by atoms with Gasteiger partial charge >= 0.3 is 0 Å². The number of rotatable bonds is 4. The zero-order valence-electron chi connectivity index (χ0n) is 13.5. The summed E-state index contributed by atoms with van der Waals surface area (Å²) in [6.07, 6.45) is 2.16. The van der Waals surface area contributed by atoms with Gasteiger partial charge in [-0.05, 0) is 32.4 Å². The Hall–Kier alpha value is -1.86. The molecule has 1 atom stereocenters. The number of nitrogens with one attached hydrogen (secondary N) is 1. The Morgan fingerprint density at radius 3 is 2.67 bits per heavy atom. The summed E-state index contributed by atoms with van der Waals surface area (Å²) in [5.74, 6) is 0.275. The number of aromatic nitrogens is 2. The molecular formula is C16H19ClN4O2S. The largest absolute Gasteiger partial charge is 0.279 e. The number of nitrogens with zero attached hydrogens (tertiary/aromatic N) is 3. The molecule has 0 saturated carbocycles. The van der Waals surface area contributed by atoms with Gasteiger partial charge in [0.1, 0.15) is 5.15 Å². The number of sulfone groups is 1. The van der Waals surface area contributed by atoms with E-state index in [1.165, 1.54) is 5.56 Å². The molecule has 1 aromatic heterocycles. The van der Waals surface area contributed by atoms with Crippen LogP contribution in [0.3, 0.4) is 0 Å². The summed E-state index contributed by atoms with van der Waals surface area (Å²) in [5, 5.41) is 9.02. The molecule has 0 radical (unpaired) electrons. The number of aryl methyl sites for hydroxylation is 2. The van der Waals surface area contributed by atoms with E-state index in [1.54, 1.807) is 10.9 Å². The maximum atomic E-state index is 11.6. The summed E-state index contributed by atoms with van der Waals surface area (Å²) >= 11 is 6.39. The maximum Gasteiger partial charge on any atom is 0.152 e. The molecule has 24 heavy (non-hydrogen) atoms. The van der Waals surface area contributed by atoms with Crippen LogP contribution in [-0.2, 0) is 9.84 Å². The van der Waals surface area contributed by atoms with Crippen molar-refractivity contribution in [1.82, 2.24) is 9.78 Å². The molecule has 0 spiro atoms. The van der Waals surface area contributed by atoms with Crippen molar-refractivity contribution < 1.29 is 8.42 Å². The maximum absolute atomic E-state index is 11.6. The predicted octanol–water partition coefficient (Wildman–Crippen LogP) is 2.96. The van der Waals surface area contributed by atoms with Gasteiger partial charge in [0, 0.05) is 0 Å². The van der Waals surface area contributed by atoms with Crippen LogP contribution in [0.4, 0.5) is 5.69 Å². The summed E-state index contributed by atoms with van der Waals surface area (Å²) in [6, 6.07) is 7.67. The number of hydrogen-bond donors (Lipinski definition) is 1. The lowest BCUT2D eigenvalue weighted by Crippen LogP contribution is -2.12. The van der Waals surface area contributed by atoms with Gasteiger partial charge in [-0.15, -0.1) is 0 Å². The molecule has 1 N–H and O–H groups in total. The third-order valence-corrected chi connectivity index (χ3v) is 6.19. The Balaban J connectivity index is 1.77. The van der Waals surface area contributed by atoms with E-state index in [2.05, 4.69) is 15.6 Å². The quantitative estimate of drug-likeness (QED) is 0.666. The monoisotopic (exact) mass is 366 g/mol. The molecule has 1 aliphatic rings. The molecule has 8 heteroatoms. The van der Waals surface area contributed by atoms with E-state index in [4.69, 9.17) is 11.6 Å². The SMILES string of the molecule is Cc1ccc(N/N=C\c2c(C)nn([C@H]3CCS(=O)(=O)C3)c2Cl)cc1. The van der Waals surface area contributed by atoms with Crippen molar-refractivity contribution in [3.05, 3.63) is 46.2 Å². The molecule has 0 aliphatic carbocycles. The van der Waals surface area contributed by atoms with Gasteiger partial charge in [0.25, 0.3) is 0 Å². The van der Waals surface area contributed by atoms with E-state index < -0.39 is 9.84 Å². The van der Waals surface area contributed by atoms with Gasteiger partial charge in [0.2, 0.25) is 0 Å². The van der Waals surface area contributed by atoms with Crippen LogP contribution in [0, 0.1) is 13.8 Å². The molecular weight excluding hydrogens is 348 g/mol. The van der Waals surface area contributed by atoms with E-state index >= 15 is 0 Å². The molecule has 1 aromatic carbocycles. The van der Waals surface area contributed by atoms with Crippen LogP contribution in [0.25, 0.3) is 0 Å². The molecule has 1 saturated heterocycles.